The number of hydrogen-bond acceptors (Lipinski definition) is 2. The largest absolute Gasteiger partial charge is 0.362 e. The van der Waals surface area contributed by atoms with Gasteiger partial charge in [0.05, 0.1) is 0 Å². The van der Waals surface area contributed by atoms with Crippen LogP contribution in [0.4, 0.5) is 0 Å². The summed E-state index contributed by atoms with van der Waals surface area (Å²) in [6.45, 7) is 20.0. The minimum absolute atomic E-state index is 0.633. The Kier molecular flexibility index (Phi) is 14.8. The number of allylic oxidation sites excluding steroid dienone is 7. The fourth-order valence-corrected chi connectivity index (χ4v) is 3.19. The van der Waals surface area contributed by atoms with Crippen LogP contribution in [0.5, 0.6) is 0 Å². The molecule has 0 saturated carbocycles. The molecule has 0 bridgehead atoms. The Morgan fingerprint density at radius 1 is 0.800 bits per heavy atom. The predicted molar refractivity (Wildman–Crippen MR) is 141 cm³/mol. The van der Waals surface area contributed by atoms with Gasteiger partial charge in [0, 0.05) is 24.5 Å². The quantitative estimate of drug-likeness (QED) is 0.183. The summed E-state index contributed by atoms with van der Waals surface area (Å²) in [5.74, 6) is 0. The van der Waals surface area contributed by atoms with Crippen molar-refractivity contribution in [2.75, 3.05) is 13.1 Å². The summed E-state index contributed by atoms with van der Waals surface area (Å²) in [6, 6.07) is 0. The zero-order valence-corrected chi connectivity index (χ0v) is 21.4. The lowest BCUT2D eigenvalue weighted by Gasteiger charge is -2.16. The Morgan fingerprint density at radius 2 is 1.30 bits per heavy atom. The fraction of sp³-hybridized carbons (Fsp3) is 0.500. The van der Waals surface area contributed by atoms with Gasteiger partial charge in [-0.3, -0.25) is 0 Å². The third-order valence-corrected chi connectivity index (χ3v) is 4.96. The smallest absolute Gasteiger partial charge is 0.170 e. The maximum absolute atomic E-state index is 5.41. The van der Waals surface area contributed by atoms with Crippen LogP contribution in [0.25, 0.3) is 0 Å². The predicted octanol–water partition coefficient (Wildman–Crippen LogP) is 5.77. The molecule has 4 N–H and O–H groups in total. The van der Waals surface area contributed by atoms with E-state index in [-0.39, 0.29) is 0 Å². The molecule has 6 heteroatoms. The van der Waals surface area contributed by atoms with Gasteiger partial charge in [-0.05, 0) is 109 Å². The lowest BCUT2D eigenvalue weighted by molar-refractivity contribution is 0.649. The molecule has 0 spiro atoms. The zero-order valence-electron chi connectivity index (χ0n) is 19.8. The number of rotatable bonds is 11. The van der Waals surface area contributed by atoms with Gasteiger partial charge >= 0.3 is 0 Å². The van der Waals surface area contributed by atoms with Gasteiger partial charge in [0.25, 0.3) is 0 Å². The summed E-state index contributed by atoms with van der Waals surface area (Å²) < 4.78 is 0. The van der Waals surface area contributed by atoms with Crippen LogP contribution < -0.4 is 21.3 Å². The van der Waals surface area contributed by atoms with Gasteiger partial charge in [-0.25, -0.2) is 0 Å². The molecule has 0 saturated heterocycles. The molecule has 0 fully saturated rings. The molecule has 0 aromatic heterocycles. The van der Waals surface area contributed by atoms with Crippen molar-refractivity contribution >= 4 is 34.7 Å². The Labute approximate surface area is 195 Å². The lowest BCUT2D eigenvalue weighted by atomic mass is 10.1. The van der Waals surface area contributed by atoms with Crippen molar-refractivity contribution in [3.05, 3.63) is 58.5 Å². The molecule has 0 aliphatic heterocycles. The fourth-order valence-electron chi connectivity index (χ4n) is 2.78. The molecular formula is C24H40N4S2. The highest BCUT2D eigenvalue weighted by Gasteiger charge is 2.05. The van der Waals surface area contributed by atoms with Crippen molar-refractivity contribution < 1.29 is 0 Å². The monoisotopic (exact) mass is 448 g/mol. The number of thiocarbonyl (C=S) groups is 2. The zero-order chi connectivity index (χ0) is 23.1. The average Bonchev–Trinajstić information content (AvgIpc) is 2.68. The molecule has 168 valence electrons. The molecule has 0 aromatic rings. The normalized spacial score (nSPS) is 12.2. The third kappa shape index (κ3) is 11.9. The number of unbranched alkanes of at least 4 members (excludes halogenated alkanes) is 2. The number of nitrogens with one attached hydrogen (secondary N) is 4. The second kappa shape index (κ2) is 15.9. The van der Waals surface area contributed by atoms with Crippen molar-refractivity contribution in [1.82, 2.24) is 21.3 Å². The minimum atomic E-state index is 0.633. The Bertz CT molecular complexity index is 723. The van der Waals surface area contributed by atoms with Gasteiger partial charge in [0.2, 0.25) is 0 Å². The molecule has 0 aliphatic carbocycles. The van der Waals surface area contributed by atoms with Crippen LogP contribution in [0.3, 0.4) is 0 Å². The summed E-state index contributed by atoms with van der Waals surface area (Å²) in [5.41, 5.74) is 6.56. The highest BCUT2D eigenvalue weighted by Crippen LogP contribution is 2.11. The standard InChI is InChI=1S/C24H40N4S2/c1-9-14-20(8)22(18(5)6)28-24(30)26-16-13-11-12-15-25-23(29)27-21(17(3)4)19(7)10-2/h9-10,14H,5,11-13,15-16H2,1-4,6-8H3,(H2,25,27,29)(H2,26,28,30)/b14-9-,19-10-,22-20+. The molecule has 0 aliphatic rings. The van der Waals surface area contributed by atoms with Crippen LogP contribution in [-0.4, -0.2) is 23.3 Å². The molecule has 0 heterocycles. The second-order valence-corrected chi connectivity index (χ2v) is 8.32. The molecule has 0 atom stereocenters. The summed E-state index contributed by atoms with van der Waals surface area (Å²) in [6.07, 6.45) is 9.32. The first-order valence-electron chi connectivity index (χ1n) is 10.5. The molecule has 0 radical (unpaired) electrons. The SMILES string of the molecule is C=C(C)/C(NC(=S)NCCCCCNC(=S)NC(=C(C)C)/C(C)=C\C)=C(C)\C=C/C. The van der Waals surface area contributed by atoms with Crippen molar-refractivity contribution in [2.24, 2.45) is 0 Å². The van der Waals surface area contributed by atoms with E-state index in [1.54, 1.807) is 0 Å². The van der Waals surface area contributed by atoms with Gasteiger partial charge in [-0.1, -0.05) is 30.4 Å². The summed E-state index contributed by atoms with van der Waals surface area (Å²) in [4.78, 5) is 0. The molecule has 0 unspecified atom stereocenters. The highest BCUT2D eigenvalue weighted by atomic mass is 32.1. The van der Waals surface area contributed by atoms with Crippen LogP contribution in [-0.2, 0) is 0 Å². The number of hydrogen-bond donors (Lipinski definition) is 4. The third-order valence-electron chi connectivity index (χ3n) is 4.47. The molecule has 0 rings (SSSR count). The van der Waals surface area contributed by atoms with Gasteiger partial charge in [0.15, 0.2) is 10.2 Å². The van der Waals surface area contributed by atoms with Crippen molar-refractivity contribution in [3.63, 3.8) is 0 Å². The van der Waals surface area contributed by atoms with E-state index in [0.717, 1.165) is 54.9 Å². The lowest BCUT2D eigenvalue weighted by Crippen LogP contribution is -2.36. The van der Waals surface area contributed by atoms with E-state index in [1.807, 2.05) is 39.8 Å². The van der Waals surface area contributed by atoms with Crippen molar-refractivity contribution in [2.45, 2.75) is 67.7 Å². The van der Waals surface area contributed by atoms with Gasteiger partial charge < -0.3 is 21.3 Å². The maximum atomic E-state index is 5.41. The topological polar surface area (TPSA) is 48.1 Å². The molecule has 0 aromatic carbocycles. The summed E-state index contributed by atoms with van der Waals surface area (Å²) in [5, 5.41) is 14.4. The van der Waals surface area contributed by atoms with Crippen LogP contribution in [0, 0.1) is 0 Å². The highest BCUT2D eigenvalue weighted by molar-refractivity contribution is 7.80. The van der Waals surface area contributed by atoms with E-state index in [2.05, 4.69) is 54.7 Å². The van der Waals surface area contributed by atoms with Gasteiger partial charge in [-0.2, -0.15) is 0 Å². The van der Waals surface area contributed by atoms with E-state index >= 15 is 0 Å². The summed E-state index contributed by atoms with van der Waals surface area (Å²) in [7, 11) is 0. The van der Waals surface area contributed by atoms with Crippen LogP contribution in [0.15, 0.2) is 58.5 Å². The van der Waals surface area contributed by atoms with E-state index in [0.29, 0.717) is 10.2 Å². The Morgan fingerprint density at radius 3 is 1.70 bits per heavy atom. The second-order valence-electron chi connectivity index (χ2n) is 7.51. The molecule has 30 heavy (non-hydrogen) atoms. The van der Waals surface area contributed by atoms with Crippen LogP contribution >= 0.6 is 24.4 Å². The van der Waals surface area contributed by atoms with Crippen molar-refractivity contribution in [1.29, 1.82) is 0 Å². The van der Waals surface area contributed by atoms with E-state index in [9.17, 15) is 0 Å². The molecular weight excluding hydrogens is 408 g/mol. The van der Waals surface area contributed by atoms with Gasteiger partial charge in [-0.15, -0.1) is 0 Å². The summed E-state index contributed by atoms with van der Waals surface area (Å²) >= 11 is 10.8. The van der Waals surface area contributed by atoms with Crippen molar-refractivity contribution in [3.8, 4) is 0 Å². The van der Waals surface area contributed by atoms with E-state index in [1.165, 1.54) is 11.1 Å². The Hall–Kier alpha value is -1.92. The van der Waals surface area contributed by atoms with Crippen LogP contribution in [0.1, 0.15) is 67.7 Å². The van der Waals surface area contributed by atoms with E-state index < -0.39 is 0 Å². The molecule has 0 amide bonds. The first-order valence-corrected chi connectivity index (χ1v) is 11.4. The first kappa shape index (κ1) is 28.1. The molecule has 4 nitrogen and oxygen atoms in total. The Balaban J connectivity index is 4.17. The van der Waals surface area contributed by atoms with Gasteiger partial charge in [0.1, 0.15) is 0 Å². The van der Waals surface area contributed by atoms with E-state index in [4.69, 9.17) is 24.4 Å². The maximum Gasteiger partial charge on any atom is 0.170 e. The first-order chi connectivity index (χ1) is 14.1. The minimum Gasteiger partial charge on any atom is -0.362 e. The average molecular weight is 449 g/mol. The van der Waals surface area contributed by atoms with Crippen LogP contribution in [0.2, 0.25) is 0 Å².